The van der Waals surface area contributed by atoms with Gasteiger partial charge in [-0.25, -0.2) is 25.3 Å². The van der Waals surface area contributed by atoms with Gasteiger partial charge in [0.1, 0.15) is 23.0 Å². The molecule has 6 aliphatic heterocycles. The number of aromatic hydroxyl groups is 2. The van der Waals surface area contributed by atoms with Crippen LogP contribution in [0.25, 0.3) is 5.32 Å². The molecular formula is C103H147F6N6O14ReS5-. The van der Waals surface area contributed by atoms with E-state index >= 15 is 0 Å². The summed E-state index contributed by atoms with van der Waals surface area (Å²) in [5.41, 5.74) is 3.98. The number of likely N-dealkylation sites (tertiary alicyclic amines) is 3. The van der Waals surface area contributed by atoms with Crippen molar-refractivity contribution in [3.63, 3.8) is 0 Å². The Hall–Kier alpha value is -8.07. The first-order chi connectivity index (χ1) is 63.4. The number of likely N-dealkylation sites (N-methyl/N-ethyl adjacent to an activating group) is 2. The zero-order chi connectivity index (χ0) is 101. The number of benzene rings is 9. The first-order valence-electron chi connectivity index (χ1n) is 46.3. The monoisotopic (exact) mass is 2150 g/mol. The van der Waals surface area contributed by atoms with Gasteiger partial charge in [-0.15, -0.1) is 13.1 Å². The van der Waals surface area contributed by atoms with Crippen LogP contribution in [0.5, 0.6) is 23.0 Å². The minimum absolute atomic E-state index is 0. The number of piperidine rings is 3. The van der Waals surface area contributed by atoms with Crippen LogP contribution in [0.4, 0.5) is 26.3 Å². The number of alkyl halides is 6. The number of halogens is 6. The summed E-state index contributed by atoms with van der Waals surface area (Å²) in [7, 11) is -10.3. The SMILES string of the molecule is CC.CC.CC.CC.CC.CC.CN1CCc2cc(O)ccc2C1.CN1CCc2cc(OS(=O)(=O)C(F)(F)F)ccc2C1.CS(=O)(=O)c1ccccc1.Cc1cc(C2CCN(C)CC2)ccc1CS(=O)(=O)c1ccccc1.Cc1cc(C2CCN(C)CC2)ccc1O.Cc1cc(C2CCN(C)CC2)ccc1OS(=O)(=O)C(F)(F)F.O=S(=O)(Cc1ccc2c(c1)CC[N-]C2)c1ccccc1.[Re]. The summed E-state index contributed by atoms with van der Waals surface area (Å²) in [5, 5.41) is 23.1. The summed E-state index contributed by atoms with van der Waals surface area (Å²) in [6.45, 7) is 41.2. The summed E-state index contributed by atoms with van der Waals surface area (Å²) in [6.07, 6.45) is 10.6. The van der Waals surface area contributed by atoms with Crippen molar-refractivity contribution < 1.29 is 107 Å². The van der Waals surface area contributed by atoms with E-state index in [1.807, 2.05) is 166 Å². The fourth-order valence-corrected chi connectivity index (χ4v) is 19.4. The molecule has 753 valence electrons. The minimum Gasteiger partial charge on any atom is -0.658 e. The van der Waals surface area contributed by atoms with Crippen LogP contribution in [0.15, 0.2) is 215 Å². The third-order valence-corrected chi connectivity index (χ3v) is 28.7. The van der Waals surface area contributed by atoms with E-state index in [4.69, 9.17) is 0 Å². The summed E-state index contributed by atoms with van der Waals surface area (Å²) in [4.78, 5) is 12.5. The Morgan fingerprint density at radius 1 is 0.370 bits per heavy atom. The van der Waals surface area contributed by atoms with Gasteiger partial charge >= 0.3 is 31.3 Å². The standard InChI is InChI=1S/C20H25NO2S.C16H16NO2S.C14H18F3NO3S.C13H19NO.C11H12F3NO3S.C10H13NO.C7H8O2S.6C2H6.Re/c1-16-14-18(17-10-12-21(2)13-11-17)8-9-19(16)15-24(22,23)20-6-4-3-5-7-20;18-20(19,16-4-2-1-3-5-16)12-13-6-7-15-11-17-9-8-14(15)10-13;1-10-9-12(11-5-7-18(2)8-6-11)3-4-13(10)21-22(19,20)14(15,16)17;1-10-9-12(3-4-13(10)15)11-5-7-14(2)8-6-11;1-15-5-4-8-6-10(3-2-9(8)7-15)18-19(16,17)11(12,13)14;1-11-5-4-8-6-10(12)3-2-9(8)7-11;1-10(8,9)7-5-3-2-4-6-7;6*1-2;/h3-9,14,17H,10-13,15H2,1-2H3;1-7,10H,8-9,11-12H2;3-4,9,11H,5-8H2,1-2H3;3-4,9,11,15H,5-8H2,1-2H3;2-3,6H,4-5,7H2,1H3;2-3,6,12H,4-5,7H2,1H3;2-6H,1H3;6*1-2H3;/q;-1;;;;;;;;;;;;. The molecule has 3 saturated heterocycles. The van der Waals surface area contributed by atoms with Gasteiger partial charge in [0.15, 0.2) is 29.5 Å². The van der Waals surface area contributed by atoms with Crippen LogP contribution >= 0.6 is 0 Å². The number of nitrogens with zero attached hydrogens (tertiary/aromatic N) is 6. The molecule has 0 amide bonds. The van der Waals surface area contributed by atoms with Gasteiger partial charge in [0.2, 0.25) is 0 Å². The zero-order valence-corrected chi connectivity index (χ0v) is 89.5. The molecule has 15 rings (SSSR count). The second kappa shape index (κ2) is 60.7. The van der Waals surface area contributed by atoms with E-state index < -0.39 is 60.8 Å². The summed E-state index contributed by atoms with van der Waals surface area (Å²) >= 11 is 0. The van der Waals surface area contributed by atoms with Crippen molar-refractivity contribution in [1.82, 2.24) is 24.5 Å². The second-order valence-corrected chi connectivity index (χ2v) is 41.1. The Bertz CT molecular complexity index is 5560. The van der Waals surface area contributed by atoms with Crippen molar-refractivity contribution in [3.05, 3.63) is 283 Å². The summed E-state index contributed by atoms with van der Waals surface area (Å²) < 4.78 is 197. The maximum absolute atomic E-state index is 12.6. The van der Waals surface area contributed by atoms with Crippen LogP contribution in [-0.2, 0) is 121 Å². The normalized spacial score (nSPS) is 15.4. The van der Waals surface area contributed by atoms with E-state index in [9.17, 15) is 78.6 Å². The smallest absolute Gasteiger partial charge is 0.534 e. The predicted octanol–water partition coefficient (Wildman–Crippen LogP) is 22.9. The van der Waals surface area contributed by atoms with E-state index in [1.165, 1.54) is 96.6 Å². The van der Waals surface area contributed by atoms with Crippen LogP contribution in [0, 0.1) is 20.8 Å². The van der Waals surface area contributed by atoms with E-state index in [1.54, 1.807) is 110 Å². The van der Waals surface area contributed by atoms with E-state index in [0.29, 0.717) is 62.5 Å². The fourth-order valence-electron chi connectivity index (χ4n) is 14.9. The number of phenolic OH excluding ortho intramolecular Hbond substituents is 2. The van der Waals surface area contributed by atoms with Gasteiger partial charge in [-0.1, -0.05) is 216 Å². The maximum Gasteiger partial charge on any atom is 0.534 e. The van der Waals surface area contributed by atoms with Gasteiger partial charge in [0, 0.05) is 52.9 Å². The number of fused-ring (bicyclic) bond motifs is 3. The molecule has 135 heavy (non-hydrogen) atoms. The minimum atomic E-state index is -5.62. The topological polar surface area (TPSA) is 260 Å². The van der Waals surface area contributed by atoms with Gasteiger partial charge in [0.25, 0.3) is 0 Å². The van der Waals surface area contributed by atoms with Crippen molar-refractivity contribution >= 4 is 49.7 Å². The van der Waals surface area contributed by atoms with Crippen molar-refractivity contribution in [2.24, 2.45) is 0 Å². The number of sulfone groups is 3. The van der Waals surface area contributed by atoms with E-state index in [2.05, 4.69) is 83.6 Å². The number of hydrogen-bond acceptors (Lipinski definition) is 19. The van der Waals surface area contributed by atoms with Gasteiger partial charge < -0.3 is 48.4 Å². The Morgan fingerprint density at radius 3 is 1.15 bits per heavy atom. The molecule has 9 aromatic rings. The van der Waals surface area contributed by atoms with E-state index in [0.717, 1.165) is 124 Å². The van der Waals surface area contributed by atoms with Crippen LogP contribution in [0.3, 0.4) is 0 Å². The molecule has 1 radical (unpaired) electrons. The largest absolute Gasteiger partial charge is 0.658 e. The fraction of sp³-hybridized carbons (Fsp3) is 0.476. The Labute approximate surface area is 818 Å². The molecule has 32 heteroatoms. The van der Waals surface area contributed by atoms with E-state index in [-0.39, 0.29) is 43.4 Å². The predicted molar refractivity (Wildman–Crippen MR) is 534 cm³/mol. The molecule has 0 unspecified atom stereocenters. The van der Waals surface area contributed by atoms with Crippen LogP contribution in [0.2, 0.25) is 0 Å². The van der Waals surface area contributed by atoms with Crippen LogP contribution in [0.1, 0.15) is 217 Å². The molecule has 0 aliphatic carbocycles. The molecule has 0 aromatic heterocycles. The number of rotatable bonds is 14. The average molecular weight is 2150 g/mol. The quantitative estimate of drug-likeness (QED) is 0.0582. The van der Waals surface area contributed by atoms with Gasteiger partial charge in [0.05, 0.1) is 26.2 Å². The molecule has 2 N–H and O–H groups in total. The third-order valence-electron chi connectivity index (χ3n) is 22.3. The van der Waals surface area contributed by atoms with Gasteiger partial charge in [-0.3, -0.25) is 0 Å². The summed E-state index contributed by atoms with van der Waals surface area (Å²) in [6, 6.07) is 58.4. The van der Waals surface area contributed by atoms with Crippen molar-refractivity contribution in [1.29, 1.82) is 0 Å². The first kappa shape index (κ1) is 123. The molecular weight excluding hydrogens is 2010 g/mol. The Kier molecular flexibility index (Phi) is 55.3. The van der Waals surface area contributed by atoms with Crippen LogP contribution < -0.4 is 8.37 Å². The zero-order valence-electron chi connectivity index (χ0n) is 82.7. The molecule has 6 heterocycles. The van der Waals surface area contributed by atoms with Crippen molar-refractivity contribution in [2.45, 2.75) is 236 Å². The van der Waals surface area contributed by atoms with Gasteiger partial charge in [-0.2, -0.15) is 43.2 Å². The molecule has 6 aliphatic rings. The number of phenols is 2. The Morgan fingerprint density at radius 2 is 0.741 bits per heavy atom. The Balaban J connectivity index is 0.000000528. The second-order valence-electron chi connectivity index (χ2n) is 32.0. The number of aryl methyl sites for hydroxylation is 3. The van der Waals surface area contributed by atoms with Crippen LogP contribution in [-0.4, -0.2) is 188 Å². The number of hydrogen-bond donors (Lipinski definition) is 2. The molecule has 3 fully saturated rings. The molecule has 20 nitrogen and oxygen atoms in total. The molecule has 9 aromatic carbocycles. The van der Waals surface area contributed by atoms with Crippen molar-refractivity contribution in [2.75, 3.05) is 100 Å². The molecule has 0 spiro atoms. The summed E-state index contributed by atoms with van der Waals surface area (Å²) in [5.74, 6) is 1.95. The maximum atomic E-state index is 12.6. The van der Waals surface area contributed by atoms with Crippen molar-refractivity contribution in [3.8, 4) is 23.0 Å². The average Bonchev–Trinajstić information content (AvgIpc) is 0.807. The first-order valence-corrected chi connectivity index (χ1v) is 54.3. The molecule has 0 atom stereocenters. The molecule has 0 bridgehead atoms. The third kappa shape index (κ3) is 41.1. The van der Waals surface area contributed by atoms with Gasteiger partial charge in [-0.05, 0) is 316 Å². The molecule has 0 saturated carbocycles.